The van der Waals surface area contributed by atoms with Crippen LogP contribution in [0.1, 0.15) is 43.8 Å². The molecule has 1 fully saturated rings. The highest BCUT2D eigenvalue weighted by Gasteiger charge is 2.32. The van der Waals surface area contributed by atoms with Crippen LogP contribution in [0, 0.1) is 0 Å². The van der Waals surface area contributed by atoms with Crippen LogP contribution in [0.15, 0.2) is 24.3 Å². The summed E-state index contributed by atoms with van der Waals surface area (Å²) >= 11 is 6.08. The van der Waals surface area contributed by atoms with Crippen molar-refractivity contribution in [3.05, 3.63) is 34.9 Å². The Morgan fingerprint density at radius 2 is 1.95 bits per heavy atom. The summed E-state index contributed by atoms with van der Waals surface area (Å²) in [6, 6.07) is 7.40. The lowest BCUT2D eigenvalue weighted by molar-refractivity contribution is 0.0129. The second-order valence-corrected chi connectivity index (χ2v) is 6.40. The topological polar surface area (TPSA) is 43.7 Å². The van der Waals surface area contributed by atoms with E-state index in [2.05, 4.69) is 4.90 Å². The van der Waals surface area contributed by atoms with Gasteiger partial charge in [-0.25, -0.2) is 0 Å². The normalized spacial score (nSPS) is 19.4. The zero-order valence-corrected chi connectivity index (χ0v) is 12.8. The molecule has 112 valence electrons. The molecule has 1 saturated carbocycles. The van der Waals surface area contributed by atoms with Gasteiger partial charge in [0.25, 0.3) is 0 Å². The fraction of sp³-hybridized carbons (Fsp3) is 0.625. The molecule has 1 unspecified atom stereocenters. The van der Waals surface area contributed by atoms with Crippen LogP contribution in [0.4, 0.5) is 0 Å². The number of likely N-dealkylation sites (N-methyl/N-ethyl adjacent to an activating group) is 1. The molecule has 0 saturated heterocycles. The molecule has 0 aromatic heterocycles. The van der Waals surface area contributed by atoms with Crippen LogP contribution >= 0.6 is 11.6 Å². The van der Waals surface area contributed by atoms with Crippen LogP contribution in [-0.2, 0) is 0 Å². The van der Waals surface area contributed by atoms with Gasteiger partial charge in [-0.1, -0.05) is 42.6 Å². The van der Waals surface area contributed by atoms with E-state index in [4.69, 9.17) is 11.6 Å². The van der Waals surface area contributed by atoms with Gasteiger partial charge in [-0.3, -0.25) is 0 Å². The Morgan fingerprint density at radius 1 is 1.30 bits per heavy atom. The minimum Gasteiger partial charge on any atom is -0.389 e. The highest BCUT2D eigenvalue weighted by atomic mass is 35.5. The van der Waals surface area contributed by atoms with Gasteiger partial charge in [0.05, 0.1) is 11.7 Å². The van der Waals surface area contributed by atoms with E-state index in [1.165, 1.54) is 0 Å². The van der Waals surface area contributed by atoms with E-state index >= 15 is 0 Å². The van der Waals surface area contributed by atoms with Crippen molar-refractivity contribution >= 4 is 11.6 Å². The summed E-state index contributed by atoms with van der Waals surface area (Å²) in [5, 5.41) is 21.2. The van der Waals surface area contributed by atoms with E-state index in [1.807, 2.05) is 25.2 Å². The molecule has 0 heterocycles. The van der Waals surface area contributed by atoms with E-state index in [0.717, 1.165) is 37.8 Å². The molecule has 2 rings (SSSR count). The monoisotopic (exact) mass is 297 g/mol. The molecule has 0 radical (unpaired) electrons. The highest BCUT2D eigenvalue weighted by Crippen LogP contribution is 2.30. The largest absolute Gasteiger partial charge is 0.389 e. The molecule has 0 aliphatic heterocycles. The summed E-state index contributed by atoms with van der Waals surface area (Å²) in [4.78, 5) is 2.10. The van der Waals surface area contributed by atoms with Crippen molar-refractivity contribution in [2.45, 2.75) is 43.8 Å². The number of aliphatic hydroxyl groups is 2. The van der Waals surface area contributed by atoms with Crippen molar-refractivity contribution in [2.24, 2.45) is 0 Å². The fourth-order valence-electron chi connectivity index (χ4n) is 3.02. The van der Waals surface area contributed by atoms with E-state index in [-0.39, 0.29) is 0 Å². The van der Waals surface area contributed by atoms with Crippen molar-refractivity contribution < 1.29 is 10.2 Å². The summed E-state index contributed by atoms with van der Waals surface area (Å²) in [7, 11) is 2.00. The lowest BCUT2D eigenvalue weighted by atomic mass is 10.0. The van der Waals surface area contributed by atoms with Crippen LogP contribution in [-0.4, -0.2) is 40.9 Å². The van der Waals surface area contributed by atoms with Crippen LogP contribution in [0.2, 0.25) is 5.02 Å². The van der Waals surface area contributed by atoms with Gasteiger partial charge in [-0.15, -0.1) is 0 Å². The SMILES string of the molecule is CN(CCC(O)c1ccccc1Cl)CC1(O)CCCC1. The Labute approximate surface area is 126 Å². The highest BCUT2D eigenvalue weighted by molar-refractivity contribution is 6.31. The Bertz CT molecular complexity index is 432. The first kappa shape index (κ1) is 15.8. The lowest BCUT2D eigenvalue weighted by Crippen LogP contribution is -2.39. The molecule has 0 amide bonds. The molecule has 0 bridgehead atoms. The lowest BCUT2D eigenvalue weighted by Gasteiger charge is -2.29. The maximum absolute atomic E-state index is 10.4. The zero-order valence-electron chi connectivity index (χ0n) is 12.1. The zero-order chi connectivity index (χ0) is 14.6. The molecule has 3 nitrogen and oxygen atoms in total. The van der Waals surface area contributed by atoms with Crippen LogP contribution < -0.4 is 0 Å². The molecule has 4 heteroatoms. The first-order chi connectivity index (χ1) is 9.50. The standard InChI is InChI=1S/C16H24ClNO2/c1-18(12-16(20)9-4-5-10-16)11-8-15(19)13-6-2-3-7-14(13)17/h2-3,6-7,15,19-20H,4-5,8-12H2,1H3. The Morgan fingerprint density at radius 3 is 2.60 bits per heavy atom. The molecular weight excluding hydrogens is 274 g/mol. The molecule has 0 spiro atoms. The van der Waals surface area contributed by atoms with Gasteiger partial charge in [0, 0.05) is 18.1 Å². The summed E-state index contributed by atoms with van der Waals surface area (Å²) in [6.07, 6.45) is 4.09. The summed E-state index contributed by atoms with van der Waals surface area (Å²) < 4.78 is 0. The third-order valence-electron chi connectivity index (χ3n) is 4.15. The van der Waals surface area contributed by atoms with E-state index in [9.17, 15) is 10.2 Å². The third kappa shape index (κ3) is 4.19. The number of rotatable bonds is 6. The summed E-state index contributed by atoms with van der Waals surface area (Å²) in [5.74, 6) is 0. The van der Waals surface area contributed by atoms with Crippen molar-refractivity contribution in [1.82, 2.24) is 4.90 Å². The van der Waals surface area contributed by atoms with Gasteiger partial charge in [0.2, 0.25) is 0 Å². The molecule has 1 aromatic rings. The Kier molecular flexibility index (Phi) is 5.44. The van der Waals surface area contributed by atoms with Crippen LogP contribution in [0.3, 0.4) is 0 Å². The van der Waals surface area contributed by atoms with Gasteiger partial charge in [0.1, 0.15) is 0 Å². The minimum absolute atomic E-state index is 0.524. The van der Waals surface area contributed by atoms with Crippen LogP contribution in [0.5, 0.6) is 0 Å². The van der Waals surface area contributed by atoms with Crippen molar-refractivity contribution in [2.75, 3.05) is 20.1 Å². The molecule has 1 aromatic carbocycles. The number of hydrogen-bond acceptors (Lipinski definition) is 3. The van der Waals surface area contributed by atoms with E-state index in [0.29, 0.717) is 18.0 Å². The summed E-state index contributed by atoms with van der Waals surface area (Å²) in [5.41, 5.74) is 0.256. The first-order valence-electron chi connectivity index (χ1n) is 7.34. The van der Waals surface area contributed by atoms with Crippen molar-refractivity contribution in [1.29, 1.82) is 0 Å². The fourth-order valence-corrected chi connectivity index (χ4v) is 3.28. The third-order valence-corrected chi connectivity index (χ3v) is 4.49. The number of benzene rings is 1. The Balaban J connectivity index is 1.81. The molecule has 1 aliphatic carbocycles. The van der Waals surface area contributed by atoms with Gasteiger partial charge < -0.3 is 15.1 Å². The van der Waals surface area contributed by atoms with Gasteiger partial charge in [-0.2, -0.15) is 0 Å². The molecular formula is C16H24ClNO2. The van der Waals surface area contributed by atoms with E-state index < -0.39 is 11.7 Å². The maximum Gasteiger partial charge on any atom is 0.0816 e. The average molecular weight is 298 g/mol. The van der Waals surface area contributed by atoms with Crippen LogP contribution in [0.25, 0.3) is 0 Å². The molecule has 20 heavy (non-hydrogen) atoms. The van der Waals surface area contributed by atoms with Crippen molar-refractivity contribution in [3.63, 3.8) is 0 Å². The summed E-state index contributed by atoms with van der Waals surface area (Å²) in [6.45, 7) is 1.43. The first-order valence-corrected chi connectivity index (χ1v) is 7.71. The number of hydrogen-bond donors (Lipinski definition) is 2. The van der Waals surface area contributed by atoms with E-state index in [1.54, 1.807) is 6.07 Å². The van der Waals surface area contributed by atoms with Gasteiger partial charge in [-0.05, 0) is 37.9 Å². The number of nitrogens with zero attached hydrogens (tertiary/aromatic N) is 1. The molecule has 2 N–H and O–H groups in total. The maximum atomic E-state index is 10.4. The number of aliphatic hydroxyl groups excluding tert-OH is 1. The second kappa shape index (κ2) is 6.90. The van der Waals surface area contributed by atoms with Crippen molar-refractivity contribution in [3.8, 4) is 0 Å². The minimum atomic E-state index is -0.552. The molecule has 1 atom stereocenters. The Hall–Kier alpha value is -0.610. The van der Waals surface area contributed by atoms with Gasteiger partial charge >= 0.3 is 0 Å². The van der Waals surface area contributed by atoms with Gasteiger partial charge in [0.15, 0.2) is 0 Å². The number of halogens is 1. The smallest absolute Gasteiger partial charge is 0.0816 e. The molecule has 1 aliphatic rings. The predicted molar refractivity (Wildman–Crippen MR) is 81.9 cm³/mol. The quantitative estimate of drug-likeness (QED) is 0.848. The predicted octanol–water partition coefficient (Wildman–Crippen LogP) is 3.00. The average Bonchev–Trinajstić information content (AvgIpc) is 2.83. The second-order valence-electron chi connectivity index (χ2n) is 6.00.